The Bertz CT molecular complexity index is 567. The van der Waals surface area contributed by atoms with Crippen LogP contribution in [0, 0.1) is 24.0 Å². The quantitative estimate of drug-likeness (QED) is 0.573. The molecule has 0 amide bonds. The number of nitrogens with zero attached hydrogens (tertiary/aromatic N) is 5. The minimum Gasteiger partial charge on any atom is -0.258 e. The van der Waals surface area contributed by atoms with Crippen LogP contribution >= 0.6 is 0 Å². The van der Waals surface area contributed by atoms with Crippen molar-refractivity contribution in [3.63, 3.8) is 0 Å². The molecule has 7 nitrogen and oxygen atoms in total. The van der Waals surface area contributed by atoms with E-state index in [0.717, 1.165) is 0 Å². The van der Waals surface area contributed by atoms with Gasteiger partial charge in [0.05, 0.1) is 4.92 Å². The van der Waals surface area contributed by atoms with Gasteiger partial charge in [-0.1, -0.05) is 0 Å². The maximum atomic E-state index is 10.6. The second-order valence-corrected chi connectivity index (χ2v) is 3.53. The van der Waals surface area contributed by atoms with Gasteiger partial charge in [0, 0.05) is 17.7 Å². The van der Waals surface area contributed by atoms with E-state index in [-0.39, 0.29) is 5.69 Å². The summed E-state index contributed by atoms with van der Waals surface area (Å²) in [6, 6.07) is 4.48. The van der Waals surface area contributed by atoms with Gasteiger partial charge in [0.2, 0.25) is 5.82 Å². The number of aromatic nitrogens is 4. The molecule has 7 heteroatoms. The Kier molecular flexibility index (Phi) is 2.73. The maximum Gasteiger partial charge on any atom is 0.269 e. The molecule has 0 aliphatic heterocycles. The zero-order valence-corrected chi connectivity index (χ0v) is 9.28. The van der Waals surface area contributed by atoms with Crippen molar-refractivity contribution in [2.24, 2.45) is 0 Å². The Morgan fingerprint density at radius 1 is 1.12 bits per heavy atom. The van der Waals surface area contributed by atoms with Gasteiger partial charge in [-0.2, -0.15) is 0 Å². The Balaban J connectivity index is 2.46. The molecule has 0 saturated carbocycles. The van der Waals surface area contributed by atoms with Gasteiger partial charge < -0.3 is 0 Å². The summed E-state index contributed by atoms with van der Waals surface area (Å²) in [6.45, 7) is 3.44. The molecule has 1 heterocycles. The molecule has 17 heavy (non-hydrogen) atoms. The highest BCUT2D eigenvalue weighted by atomic mass is 16.6. The summed E-state index contributed by atoms with van der Waals surface area (Å²) in [7, 11) is 0. The third kappa shape index (κ3) is 2.22. The molecule has 2 rings (SSSR count). The minimum atomic E-state index is -0.441. The first kappa shape index (κ1) is 11.1. The van der Waals surface area contributed by atoms with Gasteiger partial charge in [-0.25, -0.2) is 0 Å². The van der Waals surface area contributed by atoms with E-state index in [1.807, 2.05) is 0 Å². The standard InChI is InChI=1S/C10H9N5O2/c1-6-5-8(15(16)17)3-4-9(6)10-13-11-7(2)12-14-10/h3-5H,1-2H3. The number of nitro groups is 1. The molecular weight excluding hydrogens is 222 g/mol. The smallest absolute Gasteiger partial charge is 0.258 e. The lowest BCUT2D eigenvalue weighted by molar-refractivity contribution is -0.384. The number of aryl methyl sites for hydroxylation is 2. The summed E-state index contributed by atoms with van der Waals surface area (Å²) in [4.78, 5) is 10.2. The SMILES string of the molecule is Cc1nnc(-c2ccc([N+](=O)[O-])cc2C)nn1. The van der Waals surface area contributed by atoms with Crippen molar-refractivity contribution in [2.45, 2.75) is 13.8 Å². The summed E-state index contributed by atoms with van der Waals surface area (Å²) in [6.07, 6.45) is 0. The van der Waals surface area contributed by atoms with Crippen molar-refractivity contribution in [1.82, 2.24) is 20.4 Å². The lowest BCUT2D eigenvalue weighted by Crippen LogP contribution is -2.00. The van der Waals surface area contributed by atoms with Gasteiger partial charge in [-0.05, 0) is 25.5 Å². The first-order valence-electron chi connectivity index (χ1n) is 4.87. The zero-order chi connectivity index (χ0) is 12.4. The Morgan fingerprint density at radius 3 is 2.29 bits per heavy atom. The molecule has 1 aromatic heterocycles. The van der Waals surface area contributed by atoms with E-state index in [2.05, 4.69) is 20.4 Å². The van der Waals surface area contributed by atoms with Crippen molar-refractivity contribution in [1.29, 1.82) is 0 Å². The molecule has 0 saturated heterocycles. The number of rotatable bonds is 2. The Hall–Kier alpha value is -2.44. The molecule has 0 N–H and O–H groups in total. The van der Waals surface area contributed by atoms with Crippen LogP contribution in [-0.4, -0.2) is 25.3 Å². The van der Waals surface area contributed by atoms with E-state index >= 15 is 0 Å². The number of hydrogen-bond donors (Lipinski definition) is 0. The monoisotopic (exact) mass is 231 g/mol. The molecule has 0 spiro atoms. The molecule has 0 aliphatic rings. The van der Waals surface area contributed by atoms with Crippen molar-refractivity contribution in [3.8, 4) is 11.4 Å². The van der Waals surface area contributed by atoms with Crippen LogP contribution in [0.5, 0.6) is 0 Å². The fourth-order valence-corrected chi connectivity index (χ4v) is 1.40. The molecule has 0 radical (unpaired) electrons. The lowest BCUT2D eigenvalue weighted by atomic mass is 10.1. The van der Waals surface area contributed by atoms with Crippen LogP contribution in [0.4, 0.5) is 5.69 Å². The van der Waals surface area contributed by atoms with Crippen molar-refractivity contribution in [3.05, 3.63) is 39.7 Å². The Labute approximate surface area is 96.7 Å². The highest BCUT2D eigenvalue weighted by Gasteiger charge is 2.11. The summed E-state index contributed by atoms with van der Waals surface area (Å²) in [5.74, 6) is 0.844. The molecule has 0 aliphatic carbocycles. The summed E-state index contributed by atoms with van der Waals surface area (Å²) in [5, 5.41) is 26.0. The van der Waals surface area contributed by atoms with E-state index in [1.165, 1.54) is 12.1 Å². The number of benzene rings is 1. The lowest BCUT2D eigenvalue weighted by Gasteiger charge is -2.02. The van der Waals surface area contributed by atoms with Crippen LogP contribution < -0.4 is 0 Å². The predicted molar refractivity (Wildman–Crippen MR) is 59.2 cm³/mol. The number of non-ortho nitro benzene ring substituents is 1. The second-order valence-electron chi connectivity index (χ2n) is 3.53. The molecule has 0 unspecified atom stereocenters. The highest BCUT2D eigenvalue weighted by Crippen LogP contribution is 2.23. The second kappa shape index (κ2) is 4.20. The highest BCUT2D eigenvalue weighted by molar-refractivity contribution is 5.61. The predicted octanol–water partition coefficient (Wildman–Crippen LogP) is 1.46. The van der Waals surface area contributed by atoms with Crippen LogP contribution in [-0.2, 0) is 0 Å². The number of nitro benzene ring substituents is 1. The van der Waals surface area contributed by atoms with Crippen molar-refractivity contribution >= 4 is 5.69 Å². The fraction of sp³-hybridized carbons (Fsp3) is 0.200. The molecular formula is C10H9N5O2. The van der Waals surface area contributed by atoms with E-state index in [9.17, 15) is 10.1 Å². The molecule has 0 atom stereocenters. The van der Waals surface area contributed by atoms with Gasteiger partial charge in [-0.3, -0.25) is 10.1 Å². The van der Waals surface area contributed by atoms with Crippen LogP contribution in [0.15, 0.2) is 18.2 Å². The minimum absolute atomic E-state index is 0.0410. The zero-order valence-electron chi connectivity index (χ0n) is 9.28. The normalized spacial score (nSPS) is 10.2. The van der Waals surface area contributed by atoms with Crippen LogP contribution in [0.25, 0.3) is 11.4 Å². The summed E-state index contributed by atoms with van der Waals surface area (Å²) >= 11 is 0. The van der Waals surface area contributed by atoms with E-state index in [4.69, 9.17) is 0 Å². The first-order chi connectivity index (χ1) is 8.08. The number of hydrogen-bond acceptors (Lipinski definition) is 6. The van der Waals surface area contributed by atoms with Crippen LogP contribution in [0.3, 0.4) is 0 Å². The molecule has 2 aromatic rings. The first-order valence-corrected chi connectivity index (χ1v) is 4.87. The summed E-state index contributed by atoms with van der Waals surface area (Å²) in [5.41, 5.74) is 1.45. The maximum absolute atomic E-state index is 10.6. The van der Waals surface area contributed by atoms with Gasteiger partial charge in [0.25, 0.3) is 5.69 Å². The van der Waals surface area contributed by atoms with Gasteiger partial charge in [0.15, 0.2) is 5.82 Å². The third-order valence-electron chi connectivity index (χ3n) is 2.24. The topological polar surface area (TPSA) is 94.7 Å². The van der Waals surface area contributed by atoms with E-state index < -0.39 is 4.92 Å². The summed E-state index contributed by atoms with van der Waals surface area (Å²) < 4.78 is 0. The molecule has 86 valence electrons. The van der Waals surface area contributed by atoms with Crippen molar-refractivity contribution in [2.75, 3.05) is 0 Å². The van der Waals surface area contributed by atoms with Gasteiger partial charge in [0.1, 0.15) is 0 Å². The molecule has 0 bridgehead atoms. The fourth-order valence-electron chi connectivity index (χ4n) is 1.40. The van der Waals surface area contributed by atoms with Crippen LogP contribution in [0.1, 0.15) is 11.4 Å². The van der Waals surface area contributed by atoms with Crippen molar-refractivity contribution < 1.29 is 4.92 Å². The molecule has 1 aromatic carbocycles. The Morgan fingerprint density at radius 2 is 1.76 bits per heavy atom. The van der Waals surface area contributed by atoms with Gasteiger partial charge in [-0.15, -0.1) is 20.4 Å². The molecule has 0 fully saturated rings. The third-order valence-corrected chi connectivity index (χ3v) is 2.24. The van der Waals surface area contributed by atoms with E-state index in [0.29, 0.717) is 22.8 Å². The average Bonchev–Trinajstić information content (AvgIpc) is 2.30. The largest absolute Gasteiger partial charge is 0.269 e. The average molecular weight is 231 g/mol. The van der Waals surface area contributed by atoms with Crippen LogP contribution in [0.2, 0.25) is 0 Å². The van der Waals surface area contributed by atoms with Gasteiger partial charge >= 0.3 is 0 Å². The van der Waals surface area contributed by atoms with E-state index in [1.54, 1.807) is 19.9 Å².